The van der Waals surface area contributed by atoms with E-state index in [4.69, 9.17) is 9.47 Å². The first kappa shape index (κ1) is 14.5. The maximum Gasteiger partial charge on any atom is 0.258 e. The maximum absolute atomic E-state index is 11.4. The summed E-state index contributed by atoms with van der Waals surface area (Å²) in [4.78, 5) is 11.4. The average Bonchev–Trinajstić information content (AvgIpc) is 2.28. The van der Waals surface area contributed by atoms with Crippen molar-refractivity contribution in [3.8, 4) is 5.75 Å². The molecule has 0 aromatic heterocycles. The average molecular weight is 367 g/mol. The molecule has 0 saturated heterocycles. The molecule has 1 aromatic rings. The Bertz CT molecular complexity index is 385. The van der Waals surface area contributed by atoms with Crippen LogP contribution < -0.4 is 10.1 Å². The van der Waals surface area contributed by atoms with Gasteiger partial charge in [0.15, 0.2) is 6.61 Å². The minimum Gasteiger partial charge on any atom is -0.483 e. The van der Waals surface area contributed by atoms with Crippen LogP contribution in [0.15, 0.2) is 27.1 Å². The molecule has 0 heterocycles. The van der Waals surface area contributed by atoms with Gasteiger partial charge in [-0.05, 0) is 34.1 Å². The number of ether oxygens (including phenoxy) is 2. The fourth-order valence-corrected chi connectivity index (χ4v) is 2.24. The van der Waals surface area contributed by atoms with Gasteiger partial charge in [0.25, 0.3) is 5.91 Å². The van der Waals surface area contributed by atoms with Crippen molar-refractivity contribution in [3.63, 3.8) is 0 Å². The van der Waals surface area contributed by atoms with E-state index in [9.17, 15) is 4.79 Å². The Balaban J connectivity index is 2.37. The molecule has 1 rings (SSSR count). The molecule has 0 atom stereocenters. The van der Waals surface area contributed by atoms with Crippen LogP contribution in [-0.4, -0.2) is 32.8 Å². The van der Waals surface area contributed by atoms with Crippen LogP contribution in [0.5, 0.6) is 5.75 Å². The highest BCUT2D eigenvalue weighted by Gasteiger charge is 2.05. The van der Waals surface area contributed by atoms with Crippen molar-refractivity contribution >= 4 is 37.8 Å². The van der Waals surface area contributed by atoms with E-state index in [1.807, 2.05) is 12.1 Å². The number of amides is 1. The molecule has 1 aromatic carbocycles. The summed E-state index contributed by atoms with van der Waals surface area (Å²) in [6.45, 7) is 0.970. The number of nitrogens with one attached hydrogen (secondary N) is 1. The summed E-state index contributed by atoms with van der Waals surface area (Å²) >= 11 is 6.69. The highest BCUT2D eigenvalue weighted by molar-refractivity contribution is 9.11. The van der Waals surface area contributed by atoms with Gasteiger partial charge in [0, 0.05) is 18.1 Å². The molecule has 0 spiro atoms. The molecular weight excluding hydrogens is 354 g/mol. The number of methoxy groups -OCH3 is 1. The van der Waals surface area contributed by atoms with Crippen LogP contribution in [0.25, 0.3) is 0 Å². The van der Waals surface area contributed by atoms with Gasteiger partial charge in [-0.25, -0.2) is 0 Å². The molecule has 0 fully saturated rings. The summed E-state index contributed by atoms with van der Waals surface area (Å²) in [6.07, 6.45) is 0. The molecule has 0 aliphatic heterocycles. The van der Waals surface area contributed by atoms with E-state index in [0.29, 0.717) is 18.9 Å². The molecule has 0 radical (unpaired) electrons. The lowest BCUT2D eigenvalue weighted by Gasteiger charge is -2.08. The predicted octanol–water partition coefficient (Wildman–Crippen LogP) is 2.35. The standard InChI is InChI=1S/C11H13Br2NO3/c1-16-5-4-14-11(15)7-17-10-3-2-8(12)6-9(10)13/h2-3,6H,4-5,7H2,1H3,(H,14,15). The van der Waals surface area contributed by atoms with Crippen molar-refractivity contribution < 1.29 is 14.3 Å². The number of carbonyl (C=O) groups is 1. The van der Waals surface area contributed by atoms with Crippen LogP contribution in [0.4, 0.5) is 0 Å². The lowest BCUT2D eigenvalue weighted by molar-refractivity contribution is -0.123. The fraction of sp³-hybridized carbons (Fsp3) is 0.364. The topological polar surface area (TPSA) is 47.6 Å². The molecule has 94 valence electrons. The summed E-state index contributed by atoms with van der Waals surface area (Å²) in [5, 5.41) is 2.67. The van der Waals surface area contributed by atoms with E-state index in [1.165, 1.54) is 0 Å². The van der Waals surface area contributed by atoms with Crippen molar-refractivity contribution in [2.45, 2.75) is 0 Å². The minimum absolute atomic E-state index is 0.00997. The smallest absolute Gasteiger partial charge is 0.258 e. The monoisotopic (exact) mass is 365 g/mol. The summed E-state index contributed by atoms with van der Waals surface area (Å²) in [6, 6.07) is 5.50. The van der Waals surface area contributed by atoms with Crippen molar-refractivity contribution in [2.24, 2.45) is 0 Å². The van der Waals surface area contributed by atoms with Crippen LogP contribution in [0.2, 0.25) is 0 Å². The van der Waals surface area contributed by atoms with Crippen LogP contribution in [0.1, 0.15) is 0 Å². The number of hydrogen-bond acceptors (Lipinski definition) is 3. The second-order valence-corrected chi connectivity index (χ2v) is 4.98. The third-order valence-electron chi connectivity index (χ3n) is 1.88. The molecule has 0 aliphatic rings. The molecule has 4 nitrogen and oxygen atoms in total. The molecule has 0 aliphatic carbocycles. The first-order valence-corrected chi connectivity index (χ1v) is 6.55. The number of carbonyl (C=O) groups excluding carboxylic acids is 1. The summed E-state index contributed by atoms with van der Waals surface area (Å²) in [7, 11) is 1.58. The molecule has 6 heteroatoms. The second kappa shape index (κ2) is 7.68. The molecule has 0 bridgehead atoms. The molecule has 1 N–H and O–H groups in total. The van der Waals surface area contributed by atoms with Crippen molar-refractivity contribution in [3.05, 3.63) is 27.1 Å². The number of hydrogen-bond donors (Lipinski definition) is 1. The molecule has 17 heavy (non-hydrogen) atoms. The van der Waals surface area contributed by atoms with Gasteiger partial charge < -0.3 is 14.8 Å². The zero-order chi connectivity index (χ0) is 12.7. The summed E-state index contributed by atoms with van der Waals surface area (Å²) in [5.74, 6) is 0.465. The highest BCUT2D eigenvalue weighted by atomic mass is 79.9. The Morgan fingerprint density at radius 2 is 2.18 bits per heavy atom. The van der Waals surface area contributed by atoms with Gasteiger partial charge in [-0.15, -0.1) is 0 Å². The highest BCUT2D eigenvalue weighted by Crippen LogP contribution is 2.27. The Morgan fingerprint density at radius 3 is 2.82 bits per heavy atom. The summed E-state index contributed by atoms with van der Waals surface area (Å²) < 4.78 is 11.9. The van der Waals surface area contributed by atoms with E-state index in [2.05, 4.69) is 37.2 Å². The fourth-order valence-electron chi connectivity index (χ4n) is 1.08. The van der Waals surface area contributed by atoms with Crippen LogP contribution in [-0.2, 0) is 9.53 Å². The van der Waals surface area contributed by atoms with Gasteiger partial charge in [0.05, 0.1) is 11.1 Å². The quantitative estimate of drug-likeness (QED) is 0.786. The van der Waals surface area contributed by atoms with Gasteiger partial charge in [-0.3, -0.25) is 4.79 Å². The minimum atomic E-state index is -0.170. The van der Waals surface area contributed by atoms with E-state index in [1.54, 1.807) is 13.2 Å². The Labute approximate surface area is 117 Å². The third kappa shape index (κ3) is 5.52. The lowest BCUT2D eigenvalue weighted by atomic mass is 10.3. The first-order chi connectivity index (χ1) is 8.13. The SMILES string of the molecule is COCCNC(=O)COc1ccc(Br)cc1Br. The zero-order valence-corrected chi connectivity index (χ0v) is 12.5. The normalized spacial score (nSPS) is 10.1. The Morgan fingerprint density at radius 1 is 1.41 bits per heavy atom. The van der Waals surface area contributed by atoms with Crippen LogP contribution >= 0.6 is 31.9 Å². The van der Waals surface area contributed by atoms with Gasteiger partial charge in [-0.2, -0.15) is 0 Å². The number of halogens is 2. The van der Waals surface area contributed by atoms with Crippen LogP contribution in [0, 0.1) is 0 Å². The van der Waals surface area contributed by atoms with Gasteiger partial charge in [0.2, 0.25) is 0 Å². The van der Waals surface area contributed by atoms with Crippen LogP contribution in [0.3, 0.4) is 0 Å². The number of benzene rings is 1. The first-order valence-electron chi connectivity index (χ1n) is 4.97. The third-order valence-corrected chi connectivity index (χ3v) is 2.99. The second-order valence-electron chi connectivity index (χ2n) is 3.21. The summed E-state index contributed by atoms with van der Waals surface area (Å²) in [5.41, 5.74) is 0. The van der Waals surface area contributed by atoms with E-state index in [0.717, 1.165) is 8.95 Å². The van der Waals surface area contributed by atoms with Gasteiger partial charge >= 0.3 is 0 Å². The molecular formula is C11H13Br2NO3. The molecule has 0 unspecified atom stereocenters. The largest absolute Gasteiger partial charge is 0.483 e. The van der Waals surface area contributed by atoms with Gasteiger partial charge in [-0.1, -0.05) is 15.9 Å². The predicted molar refractivity (Wildman–Crippen MR) is 72.2 cm³/mol. The Hall–Kier alpha value is -0.590. The lowest BCUT2D eigenvalue weighted by Crippen LogP contribution is -2.31. The van der Waals surface area contributed by atoms with Crippen molar-refractivity contribution in [1.82, 2.24) is 5.32 Å². The van der Waals surface area contributed by atoms with E-state index in [-0.39, 0.29) is 12.5 Å². The van der Waals surface area contributed by atoms with Crippen molar-refractivity contribution in [2.75, 3.05) is 26.9 Å². The maximum atomic E-state index is 11.4. The number of rotatable bonds is 6. The zero-order valence-electron chi connectivity index (χ0n) is 9.33. The van der Waals surface area contributed by atoms with Crippen molar-refractivity contribution in [1.29, 1.82) is 0 Å². The van der Waals surface area contributed by atoms with Gasteiger partial charge in [0.1, 0.15) is 5.75 Å². The van der Waals surface area contributed by atoms with E-state index < -0.39 is 0 Å². The Kier molecular flexibility index (Phi) is 6.54. The molecule has 1 amide bonds. The van der Waals surface area contributed by atoms with E-state index >= 15 is 0 Å². The molecule has 0 saturated carbocycles.